The molecule has 9 heteroatoms. The number of rotatable bonds is 44. The van der Waals surface area contributed by atoms with Crippen LogP contribution in [-0.2, 0) is 28.2 Å². The molecule has 0 aliphatic rings. The van der Waals surface area contributed by atoms with E-state index in [1.807, 2.05) is 0 Å². The van der Waals surface area contributed by atoms with Crippen molar-refractivity contribution < 1.29 is 37.9 Å². The summed E-state index contributed by atoms with van der Waals surface area (Å²) >= 11 is 0. The van der Waals surface area contributed by atoms with Crippen LogP contribution in [0.15, 0.2) is 12.2 Å². The highest BCUT2D eigenvalue weighted by molar-refractivity contribution is 7.46. The Morgan fingerprint density at radius 3 is 1.11 bits per heavy atom. The second-order valence-corrected chi connectivity index (χ2v) is 17.3. The van der Waals surface area contributed by atoms with Crippen molar-refractivity contribution in [1.29, 1.82) is 0 Å². The first kappa shape index (κ1) is 53.8. The third-order valence-electron chi connectivity index (χ3n) is 10.5. The fourth-order valence-corrected chi connectivity index (χ4v) is 7.38. The standard InChI is InChI=1S/C46H89O8P/c1-3-5-7-9-11-13-15-17-19-20-21-22-23-24-25-26-27-29-31-33-35-37-39-41-46(48)54-44(43-53-55(49,50)51)42-52-45(47)40-38-36-34-32-30-28-18-16-14-12-10-8-6-4-2/h20-21,44H,3-19,22-43H2,1-2H3,(H2,49,50,51)/b21-20-. The van der Waals surface area contributed by atoms with Crippen LogP contribution in [0.25, 0.3) is 0 Å². The van der Waals surface area contributed by atoms with Gasteiger partial charge in [-0.05, 0) is 38.5 Å². The van der Waals surface area contributed by atoms with Gasteiger partial charge in [-0.15, -0.1) is 0 Å². The number of carbonyl (C=O) groups is 2. The summed E-state index contributed by atoms with van der Waals surface area (Å²) in [4.78, 5) is 42.9. The lowest BCUT2D eigenvalue weighted by Crippen LogP contribution is -2.29. The number of hydrogen-bond donors (Lipinski definition) is 2. The Hall–Kier alpha value is -1.21. The molecule has 2 N–H and O–H groups in total. The van der Waals surface area contributed by atoms with Crippen LogP contribution in [0.3, 0.4) is 0 Å². The van der Waals surface area contributed by atoms with Gasteiger partial charge in [0.2, 0.25) is 0 Å². The van der Waals surface area contributed by atoms with Gasteiger partial charge in [0.1, 0.15) is 6.61 Å². The number of allylic oxidation sites excluding steroid dienone is 2. The zero-order valence-corrected chi connectivity index (χ0v) is 37.0. The number of unbranched alkanes of at least 4 members (excludes halogenated alkanes) is 32. The van der Waals surface area contributed by atoms with Crippen molar-refractivity contribution in [2.75, 3.05) is 13.2 Å². The molecule has 1 unspecified atom stereocenters. The average molecular weight is 801 g/mol. The van der Waals surface area contributed by atoms with E-state index in [-0.39, 0.29) is 19.4 Å². The Kier molecular flexibility index (Phi) is 41.5. The molecule has 1 atom stereocenters. The molecule has 0 bridgehead atoms. The molecule has 0 aliphatic carbocycles. The quantitative estimate of drug-likeness (QED) is 0.0271. The van der Waals surface area contributed by atoms with Crippen LogP contribution in [0.5, 0.6) is 0 Å². The fourth-order valence-electron chi connectivity index (χ4n) is 7.02. The second kappa shape index (κ2) is 42.4. The summed E-state index contributed by atoms with van der Waals surface area (Å²) in [5.74, 6) is -0.871. The zero-order valence-electron chi connectivity index (χ0n) is 36.1. The predicted molar refractivity (Wildman–Crippen MR) is 230 cm³/mol. The van der Waals surface area contributed by atoms with Gasteiger partial charge in [0.25, 0.3) is 0 Å². The molecule has 0 aromatic carbocycles. The summed E-state index contributed by atoms with van der Waals surface area (Å²) in [6.07, 6.45) is 48.0. The molecule has 0 radical (unpaired) electrons. The Labute approximate surface area is 339 Å². The van der Waals surface area contributed by atoms with Gasteiger partial charge in [0.05, 0.1) is 6.61 Å². The molecular weight excluding hydrogens is 711 g/mol. The normalized spacial score (nSPS) is 12.4. The highest BCUT2D eigenvalue weighted by Gasteiger charge is 2.23. The van der Waals surface area contributed by atoms with Gasteiger partial charge < -0.3 is 19.3 Å². The molecule has 0 aromatic rings. The van der Waals surface area contributed by atoms with Gasteiger partial charge in [-0.3, -0.25) is 14.1 Å². The molecule has 0 saturated heterocycles. The van der Waals surface area contributed by atoms with E-state index in [4.69, 9.17) is 19.3 Å². The lowest BCUT2D eigenvalue weighted by Gasteiger charge is -2.18. The van der Waals surface area contributed by atoms with E-state index in [0.29, 0.717) is 6.42 Å². The van der Waals surface area contributed by atoms with Crippen LogP contribution in [-0.4, -0.2) is 41.0 Å². The minimum atomic E-state index is -4.75. The smallest absolute Gasteiger partial charge is 0.462 e. The topological polar surface area (TPSA) is 119 Å². The number of phosphoric acid groups is 1. The minimum Gasteiger partial charge on any atom is -0.462 e. The van der Waals surface area contributed by atoms with Crippen LogP contribution in [0.2, 0.25) is 0 Å². The highest BCUT2D eigenvalue weighted by atomic mass is 31.2. The first-order valence-corrected chi connectivity index (χ1v) is 25.0. The summed E-state index contributed by atoms with van der Waals surface area (Å²) in [6.45, 7) is 3.72. The second-order valence-electron chi connectivity index (χ2n) is 16.1. The van der Waals surface area contributed by atoms with Crippen molar-refractivity contribution in [1.82, 2.24) is 0 Å². The SMILES string of the molecule is CCCCCCCCCC/C=C\CCCCCCCCCCCCCC(=O)OC(COC(=O)CCCCCCCCCCCCCCCC)COP(=O)(O)O. The lowest BCUT2D eigenvalue weighted by molar-refractivity contribution is -0.161. The van der Waals surface area contributed by atoms with Crippen molar-refractivity contribution in [3.05, 3.63) is 12.2 Å². The van der Waals surface area contributed by atoms with Gasteiger partial charge in [-0.2, -0.15) is 0 Å². The number of esters is 2. The molecule has 0 aliphatic heterocycles. The Balaban J connectivity index is 3.80. The van der Waals surface area contributed by atoms with Crippen LogP contribution < -0.4 is 0 Å². The largest absolute Gasteiger partial charge is 0.469 e. The molecule has 0 heterocycles. The zero-order chi connectivity index (χ0) is 40.3. The van der Waals surface area contributed by atoms with E-state index in [0.717, 1.165) is 38.5 Å². The van der Waals surface area contributed by atoms with Crippen LogP contribution in [0, 0.1) is 0 Å². The minimum absolute atomic E-state index is 0.216. The van der Waals surface area contributed by atoms with Gasteiger partial charge in [-0.1, -0.05) is 212 Å². The van der Waals surface area contributed by atoms with E-state index in [1.54, 1.807) is 0 Å². The maximum atomic E-state index is 12.4. The molecule has 0 spiro atoms. The third kappa shape index (κ3) is 45.4. The Morgan fingerprint density at radius 2 is 0.764 bits per heavy atom. The first-order valence-electron chi connectivity index (χ1n) is 23.5. The van der Waals surface area contributed by atoms with Crippen molar-refractivity contribution in [3.8, 4) is 0 Å². The predicted octanol–water partition coefficient (Wildman–Crippen LogP) is 14.6. The Morgan fingerprint density at radius 1 is 0.455 bits per heavy atom. The van der Waals surface area contributed by atoms with E-state index < -0.39 is 32.5 Å². The number of carbonyl (C=O) groups excluding carboxylic acids is 2. The van der Waals surface area contributed by atoms with Crippen molar-refractivity contribution in [2.45, 2.75) is 258 Å². The molecule has 326 valence electrons. The fraction of sp³-hybridized carbons (Fsp3) is 0.913. The van der Waals surface area contributed by atoms with Crippen LogP contribution >= 0.6 is 7.82 Å². The lowest BCUT2D eigenvalue weighted by atomic mass is 10.0. The van der Waals surface area contributed by atoms with Crippen LogP contribution in [0.4, 0.5) is 0 Å². The molecule has 0 fully saturated rings. The summed E-state index contributed by atoms with van der Waals surface area (Å²) in [5.41, 5.74) is 0. The number of phosphoric ester groups is 1. The summed E-state index contributed by atoms with van der Waals surface area (Å²) in [6, 6.07) is 0. The van der Waals surface area contributed by atoms with Gasteiger partial charge >= 0.3 is 19.8 Å². The number of ether oxygens (including phenoxy) is 2. The van der Waals surface area contributed by atoms with E-state index in [9.17, 15) is 14.2 Å². The average Bonchev–Trinajstić information content (AvgIpc) is 3.16. The van der Waals surface area contributed by atoms with E-state index in [1.165, 1.54) is 180 Å². The molecule has 8 nitrogen and oxygen atoms in total. The molecule has 0 amide bonds. The van der Waals surface area contributed by atoms with E-state index in [2.05, 4.69) is 30.5 Å². The van der Waals surface area contributed by atoms with Gasteiger partial charge in [0.15, 0.2) is 6.10 Å². The summed E-state index contributed by atoms with van der Waals surface area (Å²) in [5, 5.41) is 0. The molecule has 55 heavy (non-hydrogen) atoms. The maximum absolute atomic E-state index is 12.4. The molecule has 0 saturated carbocycles. The molecule has 0 aromatic heterocycles. The van der Waals surface area contributed by atoms with Crippen molar-refractivity contribution >= 4 is 19.8 Å². The van der Waals surface area contributed by atoms with Crippen molar-refractivity contribution in [2.24, 2.45) is 0 Å². The molecular formula is C46H89O8P. The first-order chi connectivity index (χ1) is 26.8. The number of hydrogen-bond acceptors (Lipinski definition) is 6. The summed E-state index contributed by atoms with van der Waals surface area (Å²) < 4.78 is 26.5. The molecule has 0 rings (SSSR count). The van der Waals surface area contributed by atoms with E-state index >= 15 is 0 Å². The van der Waals surface area contributed by atoms with Gasteiger partial charge in [0, 0.05) is 12.8 Å². The monoisotopic (exact) mass is 801 g/mol. The third-order valence-corrected chi connectivity index (χ3v) is 11.0. The Bertz CT molecular complexity index is 904. The highest BCUT2D eigenvalue weighted by Crippen LogP contribution is 2.36. The van der Waals surface area contributed by atoms with Crippen LogP contribution in [0.1, 0.15) is 251 Å². The maximum Gasteiger partial charge on any atom is 0.469 e. The van der Waals surface area contributed by atoms with Crippen molar-refractivity contribution in [3.63, 3.8) is 0 Å². The summed E-state index contributed by atoms with van der Waals surface area (Å²) in [7, 11) is -4.75. The van der Waals surface area contributed by atoms with Gasteiger partial charge in [-0.25, -0.2) is 4.57 Å².